The second kappa shape index (κ2) is 4.48. The lowest BCUT2D eigenvalue weighted by atomic mass is 9.66. The second-order valence-corrected chi connectivity index (χ2v) is 5.45. The molecule has 0 aliphatic heterocycles. The normalized spacial score (nSPS) is 43.2. The molecule has 0 N–H and O–H groups in total. The average molecular weight is 182 g/mol. The van der Waals surface area contributed by atoms with Gasteiger partial charge in [0, 0.05) is 0 Å². The molecular formula is C13H26. The summed E-state index contributed by atoms with van der Waals surface area (Å²) < 4.78 is 0. The van der Waals surface area contributed by atoms with Crippen LogP contribution in [0.3, 0.4) is 0 Å². The summed E-state index contributed by atoms with van der Waals surface area (Å²) in [5.74, 6) is 4.80. The molecule has 0 bridgehead atoms. The zero-order valence-electron chi connectivity index (χ0n) is 10.0. The summed E-state index contributed by atoms with van der Waals surface area (Å²) in [5, 5.41) is 0. The van der Waals surface area contributed by atoms with E-state index in [1.807, 2.05) is 0 Å². The molecule has 1 aliphatic rings. The second-order valence-electron chi connectivity index (χ2n) is 5.45. The van der Waals surface area contributed by atoms with Gasteiger partial charge in [-0.05, 0) is 42.4 Å². The summed E-state index contributed by atoms with van der Waals surface area (Å²) in [6.07, 6.45) is 4.28. The molecule has 0 amide bonds. The van der Waals surface area contributed by atoms with Crippen molar-refractivity contribution in [2.24, 2.45) is 29.6 Å². The van der Waals surface area contributed by atoms with Crippen LogP contribution >= 0.6 is 0 Å². The Morgan fingerprint density at radius 3 is 2.08 bits per heavy atom. The first kappa shape index (κ1) is 11.1. The highest BCUT2D eigenvalue weighted by atomic mass is 14.4. The Kier molecular flexibility index (Phi) is 3.82. The molecular weight excluding hydrogens is 156 g/mol. The highest BCUT2D eigenvalue weighted by Gasteiger charge is 2.32. The smallest absolute Gasteiger partial charge is 0.0360 e. The molecule has 0 aromatic carbocycles. The molecule has 5 unspecified atom stereocenters. The Morgan fingerprint density at radius 2 is 1.54 bits per heavy atom. The zero-order chi connectivity index (χ0) is 10.0. The van der Waals surface area contributed by atoms with Crippen molar-refractivity contribution in [2.75, 3.05) is 0 Å². The van der Waals surface area contributed by atoms with Gasteiger partial charge in [-0.25, -0.2) is 0 Å². The van der Waals surface area contributed by atoms with E-state index >= 15 is 0 Å². The van der Waals surface area contributed by atoms with Gasteiger partial charge in [0.2, 0.25) is 0 Å². The SMILES string of the molecule is CCC(C)C1CC(C)C(C)CC1C. The van der Waals surface area contributed by atoms with Crippen molar-refractivity contribution in [3.8, 4) is 0 Å². The molecule has 1 saturated carbocycles. The summed E-state index contributed by atoms with van der Waals surface area (Å²) in [7, 11) is 0. The maximum atomic E-state index is 2.46. The molecule has 1 fully saturated rings. The molecule has 0 radical (unpaired) electrons. The van der Waals surface area contributed by atoms with Gasteiger partial charge in [0.25, 0.3) is 0 Å². The third-order valence-electron chi connectivity index (χ3n) is 4.46. The first-order chi connectivity index (χ1) is 6.06. The first-order valence-corrected chi connectivity index (χ1v) is 6.06. The van der Waals surface area contributed by atoms with E-state index in [2.05, 4.69) is 34.6 Å². The molecule has 0 heteroatoms. The Labute approximate surface area is 84.1 Å². The Hall–Kier alpha value is 0. The Morgan fingerprint density at radius 1 is 1.00 bits per heavy atom. The van der Waals surface area contributed by atoms with E-state index < -0.39 is 0 Å². The molecule has 1 rings (SSSR count). The zero-order valence-corrected chi connectivity index (χ0v) is 10.0. The standard InChI is InChI=1S/C13H26/c1-6-9(2)13-8-11(4)10(3)7-12(13)5/h9-13H,6-8H2,1-5H3. The van der Waals surface area contributed by atoms with Crippen molar-refractivity contribution in [3.63, 3.8) is 0 Å². The fourth-order valence-corrected chi connectivity index (χ4v) is 2.98. The number of rotatable bonds is 2. The molecule has 5 atom stereocenters. The van der Waals surface area contributed by atoms with Crippen LogP contribution in [-0.2, 0) is 0 Å². The molecule has 13 heavy (non-hydrogen) atoms. The molecule has 1 aliphatic carbocycles. The molecule has 78 valence electrons. The predicted octanol–water partition coefficient (Wildman–Crippen LogP) is 4.35. The van der Waals surface area contributed by atoms with Gasteiger partial charge in [0.1, 0.15) is 0 Å². The van der Waals surface area contributed by atoms with E-state index in [-0.39, 0.29) is 0 Å². The van der Waals surface area contributed by atoms with Crippen LogP contribution in [0.1, 0.15) is 53.9 Å². The minimum absolute atomic E-state index is 0.935. The molecule has 0 nitrogen and oxygen atoms in total. The summed E-state index contributed by atoms with van der Waals surface area (Å²) in [4.78, 5) is 0. The van der Waals surface area contributed by atoms with Crippen molar-refractivity contribution in [1.29, 1.82) is 0 Å². The lowest BCUT2D eigenvalue weighted by molar-refractivity contribution is 0.101. The summed E-state index contributed by atoms with van der Waals surface area (Å²) in [6.45, 7) is 12.1. The van der Waals surface area contributed by atoms with Crippen LogP contribution in [-0.4, -0.2) is 0 Å². The van der Waals surface area contributed by atoms with Crippen molar-refractivity contribution < 1.29 is 0 Å². The van der Waals surface area contributed by atoms with E-state index in [0.717, 1.165) is 29.6 Å². The van der Waals surface area contributed by atoms with Gasteiger partial charge in [-0.3, -0.25) is 0 Å². The number of hydrogen-bond acceptors (Lipinski definition) is 0. The van der Waals surface area contributed by atoms with E-state index in [1.54, 1.807) is 0 Å². The van der Waals surface area contributed by atoms with Crippen molar-refractivity contribution >= 4 is 0 Å². The number of hydrogen-bond donors (Lipinski definition) is 0. The van der Waals surface area contributed by atoms with E-state index in [0.29, 0.717) is 0 Å². The highest BCUT2D eigenvalue weighted by molar-refractivity contribution is 4.82. The quantitative estimate of drug-likeness (QED) is 0.595. The maximum Gasteiger partial charge on any atom is -0.0360 e. The summed E-state index contributed by atoms with van der Waals surface area (Å²) >= 11 is 0. The van der Waals surface area contributed by atoms with E-state index in [9.17, 15) is 0 Å². The van der Waals surface area contributed by atoms with Crippen molar-refractivity contribution in [1.82, 2.24) is 0 Å². The topological polar surface area (TPSA) is 0 Å². The molecule has 0 saturated heterocycles. The third-order valence-corrected chi connectivity index (χ3v) is 4.46. The largest absolute Gasteiger partial charge is 0.0651 e. The maximum absolute atomic E-state index is 2.46. The molecule has 0 aromatic heterocycles. The molecule has 0 heterocycles. The van der Waals surface area contributed by atoms with Crippen LogP contribution in [0, 0.1) is 29.6 Å². The van der Waals surface area contributed by atoms with Gasteiger partial charge in [-0.2, -0.15) is 0 Å². The fourth-order valence-electron chi connectivity index (χ4n) is 2.98. The van der Waals surface area contributed by atoms with E-state index in [1.165, 1.54) is 19.3 Å². The summed E-state index contributed by atoms with van der Waals surface area (Å²) in [6, 6.07) is 0. The van der Waals surface area contributed by atoms with Gasteiger partial charge >= 0.3 is 0 Å². The van der Waals surface area contributed by atoms with Gasteiger partial charge in [0.05, 0.1) is 0 Å². The minimum atomic E-state index is 0.935. The third kappa shape index (κ3) is 2.48. The van der Waals surface area contributed by atoms with Crippen LogP contribution in [0.25, 0.3) is 0 Å². The molecule has 0 spiro atoms. The van der Waals surface area contributed by atoms with Crippen molar-refractivity contribution in [3.05, 3.63) is 0 Å². The Bertz CT molecular complexity index is 150. The van der Waals surface area contributed by atoms with Crippen molar-refractivity contribution in [2.45, 2.75) is 53.9 Å². The Balaban J connectivity index is 2.55. The highest BCUT2D eigenvalue weighted by Crippen LogP contribution is 2.41. The summed E-state index contributed by atoms with van der Waals surface area (Å²) in [5.41, 5.74) is 0. The van der Waals surface area contributed by atoms with Crippen LogP contribution in [0.15, 0.2) is 0 Å². The predicted molar refractivity (Wildman–Crippen MR) is 59.7 cm³/mol. The van der Waals surface area contributed by atoms with Gasteiger partial charge in [0.15, 0.2) is 0 Å². The lowest BCUT2D eigenvalue weighted by Crippen LogP contribution is -2.31. The van der Waals surface area contributed by atoms with Gasteiger partial charge in [-0.1, -0.05) is 41.0 Å². The van der Waals surface area contributed by atoms with Gasteiger partial charge < -0.3 is 0 Å². The van der Waals surface area contributed by atoms with Crippen LogP contribution in [0.5, 0.6) is 0 Å². The van der Waals surface area contributed by atoms with Crippen LogP contribution < -0.4 is 0 Å². The van der Waals surface area contributed by atoms with Gasteiger partial charge in [-0.15, -0.1) is 0 Å². The monoisotopic (exact) mass is 182 g/mol. The first-order valence-electron chi connectivity index (χ1n) is 6.06. The average Bonchev–Trinajstić information content (AvgIpc) is 2.10. The fraction of sp³-hybridized carbons (Fsp3) is 1.00. The lowest BCUT2D eigenvalue weighted by Gasteiger charge is -2.40. The molecule has 0 aromatic rings. The minimum Gasteiger partial charge on any atom is -0.0651 e. The van der Waals surface area contributed by atoms with E-state index in [4.69, 9.17) is 0 Å². The van der Waals surface area contributed by atoms with Crippen LogP contribution in [0.2, 0.25) is 0 Å². The van der Waals surface area contributed by atoms with Crippen LogP contribution in [0.4, 0.5) is 0 Å².